The molecule has 1 aliphatic rings. The van der Waals surface area contributed by atoms with Crippen molar-refractivity contribution in [2.45, 2.75) is 15.8 Å². The number of amides is 1. The summed E-state index contributed by atoms with van der Waals surface area (Å²) >= 11 is 1.50. The first kappa shape index (κ1) is 28.9. The predicted molar refractivity (Wildman–Crippen MR) is 162 cm³/mol. The van der Waals surface area contributed by atoms with Crippen molar-refractivity contribution < 1.29 is 17.6 Å². The van der Waals surface area contributed by atoms with E-state index in [1.807, 2.05) is 42.7 Å². The van der Waals surface area contributed by atoms with Gasteiger partial charge in [0.2, 0.25) is 5.91 Å². The Morgan fingerprint density at radius 1 is 0.829 bits per heavy atom. The molecule has 0 aliphatic carbocycles. The van der Waals surface area contributed by atoms with E-state index >= 15 is 0 Å². The maximum Gasteiger partial charge on any atom is 0.264 e. The smallest absolute Gasteiger partial charge is 0.264 e. The molecule has 212 valence electrons. The second kappa shape index (κ2) is 12.9. The monoisotopic (exact) mass is 589 g/mol. The molecule has 0 N–H and O–H groups in total. The lowest BCUT2D eigenvalue weighted by Gasteiger charge is -2.40. The van der Waals surface area contributed by atoms with E-state index in [0.717, 1.165) is 15.3 Å². The highest BCUT2D eigenvalue weighted by molar-refractivity contribution is 7.98. The standard InChI is InChI=1S/C32H32FN3O3S2/c1-40-29-15-17-30(18-16-29)41(38,39)36(28-14-8-13-27(33)23-28)24-31(37)34-19-21-35(22-20-34)32(25-9-4-2-5-10-25)26-11-6-3-7-12-26/h2-18,23,32H,19-22,24H2,1H3. The van der Waals surface area contributed by atoms with Gasteiger partial charge in [-0.2, -0.15) is 0 Å². The third-order valence-electron chi connectivity index (χ3n) is 7.29. The van der Waals surface area contributed by atoms with E-state index in [1.54, 1.807) is 17.0 Å². The number of hydrogen-bond donors (Lipinski definition) is 0. The van der Waals surface area contributed by atoms with Crippen LogP contribution in [0.5, 0.6) is 0 Å². The molecule has 9 heteroatoms. The minimum atomic E-state index is -4.13. The lowest BCUT2D eigenvalue weighted by molar-refractivity contribution is -0.131. The van der Waals surface area contributed by atoms with Crippen LogP contribution in [0.4, 0.5) is 10.1 Å². The zero-order valence-electron chi connectivity index (χ0n) is 22.8. The lowest BCUT2D eigenvalue weighted by atomic mass is 9.96. The average Bonchev–Trinajstić information content (AvgIpc) is 3.01. The van der Waals surface area contributed by atoms with E-state index in [-0.39, 0.29) is 22.5 Å². The van der Waals surface area contributed by atoms with Gasteiger partial charge >= 0.3 is 0 Å². The van der Waals surface area contributed by atoms with Crippen LogP contribution in [0.25, 0.3) is 0 Å². The first-order valence-corrected chi connectivity index (χ1v) is 16.1. The van der Waals surface area contributed by atoms with Crippen LogP contribution in [-0.4, -0.2) is 63.1 Å². The van der Waals surface area contributed by atoms with E-state index in [4.69, 9.17) is 0 Å². The van der Waals surface area contributed by atoms with Gasteiger partial charge in [0.1, 0.15) is 12.4 Å². The number of carbonyl (C=O) groups is 1. The second-order valence-corrected chi connectivity index (χ2v) is 12.5. The fourth-order valence-electron chi connectivity index (χ4n) is 5.16. The number of thioether (sulfide) groups is 1. The molecular weight excluding hydrogens is 558 g/mol. The third-order valence-corrected chi connectivity index (χ3v) is 9.82. The quantitative estimate of drug-likeness (QED) is 0.235. The highest BCUT2D eigenvalue weighted by atomic mass is 32.2. The minimum Gasteiger partial charge on any atom is -0.339 e. The van der Waals surface area contributed by atoms with Crippen LogP contribution >= 0.6 is 11.8 Å². The van der Waals surface area contributed by atoms with Crippen molar-refractivity contribution in [3.63, 3.8) is 0 Å². The molecule has 0 atom stereocenters. The van der Waals surface area contributed by atoms with E-state index < -0.39 is 22.4 Å². The molecule has 0 radical (unpaired) electrons. The van der Waals surface area contributed by atoms with Gasteiger partial charge in [-0.15, -0.1) is 11.8 Å². The van der Waals surface area contributed by atoms with Crippen molar-refractivity contribution in [1.82, 2.24) is 9.80 Å². The van der Waals surface area contributed by atoms with E-state index in [2.05, 4.69) is 29.2 Å². The van der Waals surface area contributed by atoms with Gasteiger partial charge in [0.15, 0.2) is 0 Å². The Balaban J connectivity index is 1.35. The topological polar surface area (TPSA) is 60.9 Å². The van der Waals surface area contributed by atoms with Crippen LogP contribution in [0, 0.1) is 5.82 Å². The maximum atomic E-state index is 14.2. The Kier molecular flexibility index (Phi) is 9.07. The normalized spacial score (nSPS) is 14.3. The van der Waals surface area contributed by atoms with Gasteiger partial charge in [-0.25, -0.2) is 12.8 Å². The summed E-state index contributed by atoms with van der Waals surface area (Å²) in [4.78, 5) is 18.6. The summed E-state index contributed by atoms with van der Waals surface area (Å²) in [6.07, 6.45) is 1.91. The number of piperazine rings is 1. The zero-order chi connectivity index (χ0) is 28.8. The fourth-order valence-corrected chi connectivity index (χ4v) is 6.97. The van der Waals surface area contributed by atoms with Gasteiger partial charge in [-0.3, -0.25) is 14.0 Å². The molecule has 1 saturated heterocycles. The third kappa shape index (κ3) is 6.64. The summed E-state index contributed by atoms with van der Waals surface area (Å²) in [5.41, 5.74) is 2.46. The van der Waals surface area contributed by atoms with Crippen LogP contribution in [-0.2, 0) is 14.8 Å². The average molecular weight is 590 g/mol. The molecule has 1 fully saturated rings. The summed E-state index contributed by atoms with van der Waals surface area (Å²) in [5, 5.41) is 0. The first-order valence-electron chi connectivity index (χ1n) is 13.4. The molecule has 0 aromatic heterocycles. The number of carbonyl (C=O) groups excluding carboxylic acids is 1. The SMILES string of the molecule is CSc1ccc(S(=O)(=O)N(CC(=O)N2CCN(C(c3ccccc3)c3ccccc3)CC2)c2cccc(F)c2)cc1. The summed E-state index contributed by atoms with van der Waals surface area (Å²) in [6.45, 7) is 1.74. The van der Waals surface area contributed by atoms with Crippen molar-refractivity contribution in [3.05, 3.63) is 126 Å². The van der Waals surface area contributed by atoms with E-state index in [0.29, 0.717) is 26.2 Å². The summed E-state index contributed by atoms with van der Waals surface area (Å²) in [7, 11) is -4.13. The zero-order valence-corrected chi connectivity index (χ0v) is 24.4. The molecule has 5 rings (SSSR count). The Morgan fingerprint density at radius 3 is 1.95 bits per heavy atom. The molecule has 0 bridgehead atoms. The van der Waals surface area contributed by atoms with Gasteiger partial charge in [0, 0.05) is 31.1 Å². The molecule has 0 saturated carbocycles. The number of benzene rings is 4. The molecule has 6 nitrogen and oxygen atoms in total. The highest BCUT2D eigenvalue weighted by Gasteiger charge is 2.32. The number of sulfonamides is 1. The van der Waals surface area contributed by atoms with E-state index in [9.17, 15) is 17.6 Å². The van der Waals surface area contributed by atoms with Crippen LogP contribution in [0.2, 0.25) is 0 Å². The van der Waals surface area contributed by atoms with Gasteiger partial charge in [-0.1, -0.05) is 66.7 Å². The second-order valence-electron chi connectivity index (χ2n) is 9.81. The number of halogens is 1. The number of rotatable bonds is 9. The van der Waals surface area contributed by atoms with Crippen molar-refractivity contribution in [3.8, 4) is 0 Å². The van der Waals surface area contributed by atoms with Gasteiger partial charge in [0.05, 0.1) is 16.6 Å². The van der Waals surface area contributed by atoms with Crippen molar-refractivity contribution >= 4 is 33.4 Å². The lowest BCUT2D eigenvalue weighted by Crippen LogP contribution is -2.52. The van der Waals surface area contributed by atoms with Crippen molar-refractivity contribution in [2.75, 3.05) is 43.3 Å². The van der Waals surface area contributed by atoms with Crippen molar-refractivity contribution in [1.29, 1.82) is 0 Å². The Morgan fingerprint density at radius 2 is 1.41 bits per heavy atom. The fraction of sp³-hybridized carbons (Fsp3) is 0.219. The molecule has 1 amide bonds. The molecule has 0 spiro atoms. The minimum absolute atomic E-state index is 0.0445. The Labute approximate surface area is 245 Å². The Hall–Kier alpha value is -3.66. The first-order chi connectivity index (χ1) is 19.9. The summed E-state index contributed by atoms with van der Waals surface area (Å²) in [5.74, 6) is -0.899. The summed E-state index contributed by atoms with van der Waals surface area (Å²) < 4.78 is 42.7. The predicted octanol–water partition coefficient (Wildman–Crippen LogP) is 5.68. The molecular formula is C32H32FN3O3S2. The Bertz CT molecular complexity index is 1520. The van der Waals surface area contributed by atoms with Crippen LogP contribution in [0.1, 0.15) is 17.2 Å². The van der Waals surface area contributed by atoms with Gasteiger partial charge in [0.25, 0.3) is 10.0 Å². The van der Waals surface area contributed by atoms with E-state index in [1.165, 1.54) is 53.2 Å². The van der Waals surface area contributed by atoms with Crippen LogP contribution < -0.4 is 4.31 Å². The highest BCUT2D eigenvalue weighted by Crippen LogP contribution is 2.30. The van der Waals surface area contributed by atoms with Gasteiger partial charge in [-0.05, 0) is 59.8 Å². The molecule has 1 heterocycles. The molecule has 0 unspecified atom stereocenters. The van der Waals surface area contributed by atoms with Gasteiger partial charge < -0.3 is 4.90 Å². The molecule has 1 aliphatic heterocycles. The molecule has 4 aromatic carbocycles. The number of nitrogens with zero attached hydrogens (tertiary/aromatic N) is 3. The van der Waals surface area contributed by atoms with Crippen LogP contribution in [0.15, 0.2) is 119 Å². The largest absolute Gasteiger partial charge is 0.339 e. The summed E-state index contributed by atoms with van der Waals surface area (Å²) in [6, 6.07) is 32.4. The molecule has 41 heavy (non-hydrogen) atoms. The number of anilines is 1. The maximum absolute atomic E-state index is 14.2. The number of hydrogen-bond acceptors (Lipinski definition) is 5. The molecule has 4 aromatic rings. The van der Waals surface area contributed by atoms with Crippen molar-refractivity contribution in [2.24, 2.45) is 0 Å². The van der Waals surface area contributed by atoms with Crippen LogP contribution in [0.3, 0.4) is 0 Å².